The molecule has 1 N–H and O–H groups in total. The lowest BCUT2D eigenvalue weighted by molar-refractivity contribution is -0.130. The number of likely N-dealkylation sites (N-methyl/N-ethyl adjacent to an activating group) is 1. The lowest BCUT2D eigenvalue weighted by Crippen LogP contribution is -2.40. The standard InChI is InChI=1S/C10H20N2O2/c1-3-12(6-7-14-2)10(13)8-11-9-4-5-9/h9,11H,3-8H2,1-2H3. The van der Waals surface area contributed by atoms with E-state index in [2.05, 4.69) is 5.32 Å². The molecule has 1 fully saturated rings. The first-order valence-electron chi connectivity index (χ1n) is 5.28. The maximum absolute atomic E-state index is 11.6. The van der Waals surface area contributed by atoms with Crippen molar-refractivity contribution in [2.75, 3.05) is 33.4 Å². The van der Waals surface area contributed by atoms with Gasteiger partial charge >= 0.3 is 0 Å². The Morgan fingerprint density at radius 3 is 2.79 bits per heavy atom. The highest BCUT2D eigenvalue weighted by Crippen LogP contribution is 2.18. The average molecular weight is 200 g/mol. The van der Waals surface area contributed by atoms with Crippen molar-refractivity contribution < 1.29 is 9.53 Å². The molecule has 0 unspecified atom stereocenters. The summed E-state index contributed by atoms with van der Waals surface area (Å²) in [6.45, 7) is 4.53. The van der Waals surface area contributed by atoms with E-state index in [1.54, 1.807) is 7.11 Å². The van der Waals surface area contributed by atoms with E-state index in [4.69, 9.17) is 4.74 Å². The molecule has 0 radical (unpaired) electrons. The Morgan fingerprint density at radius 1 is 1.57 bits per heavy atom. The highest BCUT2D eigenvalue weighted by Gasteiger charge is 2.22. The Morgan fingerprint density at radius 2 is 2.29 bits per heavy atom. The fraction of sp³-hybridized carbons (Fsp3) is 0.900. The van der Waals surface area contributed by atoms with Crippen LogP contribution in [0.5, 0.6) is 0 Å². The number of ether oxygens (including phenoxy) is 1. The number of nitrogens with one attached hydrogen (secondary N) is 1. The van der Waals surface area contributed by atoms with Crippen molar-refractivity contribution in [2.24, 2.45) is 0 Å². The highest BCUT2D eigenvalue weighted by atomic mass is 16.5. The number of carbonyl (C=O) groups is 1. The Balaban J connectivity index is 2.15. The van der Waals surface area contributed by atoms with Gasteiger partial charge in [-0.15, -0.1) is 0 Å². The van der Waals surface area contributed by atoms with Gasteiger partial charge in [0.2, 0.25) is 5.91 Å². The molecule has 0 aromatic carbocycles. The molecule has 4 heteroatoms. The molecule has 1 amide bonds. The van der Waals surface area contributed by atoms with Gasteiger partial charge in [0, 0.05) is 26.2 Å². The summed E-state index contributed by atoms with van der Waals surface area (Å²) in [5, 5.41) is 3.22. The van der Waals surface area contributed by atoms with Crippen LogP contribution in [0.1, 0.15) is 19.8 Å². The molecule has 0 heterocycles. The molecule has 0 spiro atoms. The number of nitrogens with zero attached hydrogens (tertiary/aromatic N) is 1. The zero-order valence-electron chi connectivity index (χ0n) is 9.08. The maximum Gasteiger partial charge on any atom is 0.236 e. The first kappa shape index (κ1) is 11.5. The van der Waals surface area contributed by atoms with Gasteiger partial charge in [-0.25, -0.2) is 0 Å². The topological polar surface area (TPSA) is 41.6 Å². The molecule has 1 rings (SSSR count). The second kappa shape index (κ2) is 5.98. The van der Waals surface area contributed by atoms with Crippen molar-refractivity contribution >= 4 is 5.91 Å². The summed E-state index contributed by atoms with van der Waals surface area (Å²) in [5.41, 5.74) is 0. The largest absolute Gasteiger partial charge is 0.383 e. The molecule has 0 bridgehead atoms. The van der Waals surface area contributed by atoms with Crippen molar-refractivity contribution in [1.82, 2.24) is 10.2 Å². The summed E-state index contributed by atoms with van der Waals surface area (Å²) < 4.78 is 4.95. The van der Waals surface area contributed by atoms with Crippen LogP contribution in [0.2, 0.25) is 0 Å². The third-order valence-electron chi connectivity index (χ3n) is 2.42. The Hall–Kier alpha value is -0.610. The van der Waals surface area contributed by atoms with Gasteiger partial charge in [0.1, 0.15) is 0 Å². The third-order valence-corrected chi connectivity index (χ3v) is 2.42. The van der Waals surface area contributed by atoms with Crippen LogP contribution < -0.4 is 5.32 Å². The SMILES string of the molecule is CCN(CCOC)C(=O)CNC1CC1. The number of hydrogen-bond acceptors (Lipinski definition) is 3. The van der Waals surface area contributed by atoms with Crippen molar-refractivity contribution in [3.05, 3.63) is 0 Å². The predicted octanol–water partition coefficient (Wildman–Crippen LogP) is 0.233. The molecule has 82 valence electrons. The monoisotopic (exact) mass is 200 g/mol. The minimum atomic E-state index is 0.177. The quantitative estimate of drug-likeness (QED) is 0.640. The average Bonchev–Trinajstić information content (AvgIpc) is 2.99. The lowest BCUT2D eigenvalue weighted by Gasteiger charge is -2.20. The molecule has 1 aliphatic carbocycles. The summed E-state index contributed by atoms with van der Waals surface area (Å²) in [5.74, 6) is 0.177. The second-order valence-corrected chi connectivity index (χ2v) is 3.62. The van der Waals surface area contributed by atoms with Crippen molar-refractivity contribution in [3.63, 3.8) is 0 Å². The van der Waals surface area contributed by atoms with E-state index in [1.807, 2.05) is 11.8 Å². The van der Waals surface area contributed by atoms with Crippen molar-refractivity contribution in [3.8, 4) is 0 Å². The van der Waals surface area contributed by atoms with Gasteiger partial charge in [0.05, 0.1) is 13.2 Å². The molecule has 1 aliphatic rings. The lowest BCUT2D eigenvalue weighted by atomic mass is 10.4. The summed E-state index contributed by atoms with van der Waals surface area (Å²) in [6, 6.07) is 0.597. The Bertz CT molecular complexity index is 181. The Kier molecular flexibility index (Phi) is 4.90. The minimum absolute atomic E-state index is 0.177. The normalized spacial score (nSPS) is 15.6. The summed E-state index contributed by atoms with van der Waals surface area (Å²) in [4.78, 5) is 13.4. The van der Waals surface area contributed by atoms with E-state index in [0.717, 1.165) is 6.54 Å². The molecule has 14 heavy (non-hydrogen) atoms. The van der Waals surface area contributed by atoms with Crippen LogP contribution in [0.25, 0.3) is 0 Å². The minimum Gasteiger partial charge on any atom is -0.383 e. The van der Waals surface area contributed by atoms with E-state index in [-0.39, 0.29) is 5.91 Å². The molecule has 0 aromatic rings. The van der Waals surface area contributed by atoms with Crippen LogP contribution in [0.15, 0.2) is 0 Å². The molecule has 0 saturated heterocycles. The van der Waals surface area contributed by atoms with E-state index < -0.39 is 0 Å². The van der Waals surface area contributed by atoms with Crippen molar-refractivity contribution in [2.45, 2.75) is 25.8 Å². The summed E-state index contributed by atoms with van der Waals surface area (Å²) >= 11 is 0. The van der Waals surface area contributed by atoms with Gasteiger partial charge in [-0.2, -0.15) is 0 Å². The third kappa shape index (κ3) is 4.07. The summed E-state index contributed by atoms with van der Waals surface area (Å²) in [6.07, 6.45) is 2.44. The van der Waals surface area contributed by atoms with Gasteiger partial charge in [-0.3, -0.25) is 4.79 Å². The first-order chi connectivity index (χ1) is 6.77. The molecular formula is C10H20N2O2. The van der Waals surface area contributed by atoms with Crippen LogP contribution in [-0.4, -0.2) is 50.2 Å². The second-order valence-electron chi connectivity index (χ2n) is 3.62. The van der Waals surface area contributed by atoms with Gasteiger partial charge in [0.25, 0.3) is 0 Å². The predicted molar refractivity (Wildman–Crippen MR) is 55.2 cm³/mol. The fourth-order valence-corrected chi connectivity index (χ4v) is 1.29. The number of methoxy groups -OCH3 is 1. The van der Waals surface area contributed by atoms with Gasteiger partial charge < -0.3 is 15.0 Å². The molecule has 1 saturated carbocycles. The van der Waals surface area contributed by atoms with Crippen LogP contribution in [-0.2, 0) is 9.53 Å². The molecule has 0 atom stereocenters. The summed E-state index contributed by atoms with van der Waals surface area (Å²) in [7, 11) is 1.65. The molecule has 4 nitrogen and oxygen atoms in total. The van der Waals surface area contributed by atoms with Crippen molar-refractivity contribution in [1.29, 1.82) is 0 Å². The fourth-order valence-electron chi connectivity index (χ4n) is 1.29. The number of carbonyl (C=O) groups excluding carboxylic acids is 1. The van der Waals surface area contributed by atoms with E-state index >= 15 is 0 Å². The number of amides is 1. The zero-order chi connectivity index (χ0) is 10.4. The Labute approximate surface area is 85.6 Å². The molecule has 0 aromatic heterocycles. The van der Waals surface area contributed by atoms with E-state index in [1.165, 1.54) is 12.8 Å². The highest BCUT2D eigenvalue weighted by molar-refractivity contribution is 5.78. The van der Waals surface area contributed by atoms with Gasteiger partial charge in [-0.05, 0) is 19.8 Å². The maximum atomic E-state index is 11.6. The number of hydrogen-bond donors (Lipinski definition) is 1. The van der Waals surface area contributed by atoms with Crippen LogP contribution in [0.3, 0.4) is 0 Å². The van der Waals surface area contributed by atoms with Crippen LogP contribution in [0, 0.1) is 0 Å². The number of rotatable bonds is 7. The first-order valence-corrected chi connectivity index (χ1v) is 5.28. The zero-order valence-corrected chi connectivity index (χ0v) is 9.08. The smallest absolute Gasteiger partial charge is 0.236 e. The van der Waals surface area contributed by atoms with Crippen LogP contribution in [0.4, 0.5) is 0 Å². The van der Waals surface area contributed by atoms with E-state index in [0.29, 0.717) is 25.7 Å². The van der Waals surface area contributed by atoms with E-state index in [9.17, 15) is 4.79 Å². The molecular weight excluding hydrogens is 180 g/mol. The van der Waals surface area contributed by atoms with Gasteiger partial charge in [-0.1, -0.05) is 0 Å². The van der Waals surface area contributed by atoms with Crippen LogP contribution >= 0.6 is 0 Å². The van der Waals surface area contributed by atoms with Gasteiger partial charge in [0.15, 0.2) is 0 Å². The molecule has 0 aliphatic heterocycles.